The molecular weight excluding hydrogens is 330 g/mol. The van der Waals surface area contributed by atoms with Crippen LogP contribution >= 0.6 is 0 Å². The van der Waals surface area contributed by atoms with Gasteiger partial charge in [-0.1, -0.05) is 29.8 Å². The summed E-state index contributed by atoms with van der Waals surface area (Å²) in [4.78, 5) is 21.2. The molecule has 1 heterocycles. The summed E-state index contributed by atoms with van der Waals surface area (Å²) in [6.07, 6.45) is 9.27. The van der Waals surface area contributed by atoms with Crippen LogP contribution in [0.15, 0.2) is 48.3 Å². The highest BCUT2D eigenvalue weighted by molar-refractivity contribution is 5.75. The van der Waals surface area contributed by atoms with Gasteiger partial charge < -0.3 is 10.2 Å². The van der Waals surface area contributed by atoms with Gasteiger partial charge in [-0.3, -0.25) is 10.1 Å². The number of hydrogen-bond donors (Lipinski definition) is 1. The van der Waals surface area contributed by atoms with Crippen LogP contribution in [-0.4, -0.2) is 28.5 Å². The molecule has 0 unspecified atom stereocenters. The highest BCUT2D eigenvalue weighted by Crippen LogP contribution is 2.34. The molecule has 0 bridgehead atoms. The van der Waals surface area contributed by atoms with E-state index in [1.54, 1.807) is 11.9 Å². The summed E-state index contributed by atoms with van der Waals surface area (Å²) in [5.74, 6) is 0.537. The van der Waals surface area contributed by atoms with Crippen molar-refractivity contribution in [2.45, 2.75) is 32.1 Å². The van der Waals surface area contributed by atoms with Gasteiger partial charge in [0.05, 0.1) is 4.92 Å². The quantitative estimate of drug-likeness (QED) is 0.449. The van der Waals surface area contributed by atoms with Crippen molar-refractivity contribution in [3.63, 3.8) is 0 Å². The average molecular weight is 353 g/mol. The average Bonchev–Trinajstić information content (AvgIpc) is 2.68. The highest BCUT2D eigenvalue weighted by Gasteiger charge is 2.26. The first-order valence-corrected chi connectivity index (χ1v) is 8.87. The maximum atomic E-state index is 11.7. The van der Waals surface area contributed by atoms with Gasteiger partial charge in [-0.25, -0.2) is 9.97 Å². The third-order valence-corrected chi connectivity index (χ3v) is 4.57. The van der Waals surface area contributed by atoms with Crippen molar-refractivity contribution < 1.29 is 4.92 Å². The lowest BCUT2D eigenvalue weighted by molar-refractivity contribution is -0.383. The van der Waals surface area contributed by atoms with Gasteiger partial charge in [-0.2, -0.15) is 0 Å². The highest BCUT2D eigenvalue weighted by atomic mass is 16.6. The third kappa shape index (κ3) is 4.17. The topological polar surface area (TPSA) is 84.2 Å². The third-order valence-electron chi connectivity index (χ3n) is 4.57. The molecule has 0 saturated carbocycles. The molecule has 0 fully saturated rings. The van der Waals surface area contributed by atoms with Crippen LogP contribution in [0, 0.1) is 10.1 Å². The molecule has 3 rings (SSSR count). The maximum absolute atomic E-state index is 11.7. The molecule has 0 amide bonds. The molecule has 7 nitrogen and oxygen atoms in total. The predicted octanol–water partition coefficient (Wildman–Crippen LogP) is 4.46. The fourth-order valence-corrected chi connectivity index (χ4v) is 3.16. The molecule has 0 spiro atoms. The second-order valence-electron chi connectivity index (χ2n) is 6.33. The number of anilines is 3. The lowest BCUT2D eigenvalue weighted by Gasteiger charge is -2.19. The minimum Gasteiger partial charge on any atom is -0.364 e. The van der Waals surface area contributed by atoms with E-state index in [-0.39, 0.29) is 17.3 Å². The molecule has 0 aliphatic heterocycles. The van der Waals surface area contributed by atoms with Crippen molar-refractivity contribution in [1.29, 1.82) is 0 Å². The van der Waals surface area contributed by atoms with E-state index < -0.39 is 4.92 Å². The number of nitrogens with zero attached hydrogens (tertiary/aromatic N) is 4. The largest absolute Gasteiger partial charge is 0.364 e. The van der Waals surface area contributed by atoms with Crippen LogP contribution in [0.5, 0.6) is 0 Å². The Bertz CT molecular complexity index is 792. The Morgan fingerprint density at radius 1 is 1.23 bits per heavy atom. The molecule has 7 heteroatoms. The second-order valence-corrected chi connectivity index (χ2v) is 6.33. The Labute approximate surface area is 152 Å². The molecule has 0 atom stereocenters. The van der Waals surface area contributed by atoms with Crippen molar-refractivity contribution in [1.82, 2.24) is 9.97 Å². The maximum Gasteiger partial charge on any atom is 0.353 e. The van der Waals surface area contributed by atoms with E-state index in [1.807, 2.05) is 30.3 Å². The Morgan fingerprint density at radius 3 is 2.73 bits per heavy atom. The number of nitrogens with one attached hydrogen (secondary N) is 1. The lowest BCUT2D eigenvalue weighted by Crippen LogP contribution is -2.16. The summed E-state index contributed by atoms with van der Waals surface area (Å²) in [5.41, 5.74) is 2.14. The first kappa shape index (κ1) is 17.8. The summed E-state index contributed by atoms with van der Waals surface area (Å²) in [5, 5.41) is 14.8. The Kier molecular flexibility index (Phi) is 5.78. The zero-order valence-electron chi connectivity index (χ0n) is 14.9. The van der Waals surface area contributed by atoms with Gasteiger partial charge in [0.25, 0.3) is 0 Å². The van der Waals surface area contributed by atoms with E-state index in [0.717, 1.165) is 24.9 Å². The number of nitro groups is 1. The molecule has 1 aromatic heterocycles. The molecule has 1 N–H and O–H groups in total. The number of para-hydroxylation sites is 1. The number of aromatic nitrogens is 2. The van der Waals surface area contributed by atoms with Crippen LogP contribution in [0.3, 0.4) is 0 Å². The Hall–Kier alpha value is -2.96. The molecular formula is C19H23N5O2. The monoisotopic (exact) mass is 353 g/mol. The van der Waals surface area contributed by atoms with E-state index in [2.05, 4.69) is 21.4 Å². The molecule has 136 valence electrons. The Balaban J connectivity index is 1.79. The fourth-order valence-electron chi connectivity index (χ4n) is 3.16. The van der Waals surface area contributed by atoms with Crippen molar-refractivity contribution in [3.8, 4) is 0 Å². The number of benzene rings is 1. The van der Waals surface area contributed by atoms with Crippen LogP contribution in [0.25, 0.3) is 0 Å². The van der Waals surface area contributed by atoms with Crippen molar-refractivity contribution >= 4 is 23.0 Å². The minimum absolute atomic E-state index is 0.100. The lowest BCUT2D eigenvalue weighted by atomic mass is 9.97. The van der Waals surface area contributed by atoms with Crippen LogP contribution in [-0.2, 0) is 0 Å². The smallest absolute Gasteiger partial charge is 0.353 e. The van der Waals surface area contributed by atoms with E-state index in [9.17, 15) is 10.1 Å². The van der Waals surface area contributed by atoms with Gasteiger partial charge in [0.2, 0.25) is 11.6 Å². The standard InChI is InChI=1S/C19H23N5O2/c1-23(16-10-6-3-7-11-16)19-17(24(25)26)18(21-14-22-19)20-13-12-15-8-4-2-5-9-15/h3,6-8,10-11,14H,2,4-5,9,12-13H2,1H3,(H,20,21,22). The molecule has 1 aliphatic rings. The molecule has 26 heavy (non-hydrogen) atoms. The molecule has 1 aliphatic carbocycles. The van der Waals surface area contributed by atoms with Gasteiger partial charge in [0.15, 0.2) is 0 Å². The first-order valence-electron chi connectivity index (χ1n) is 8.87. The summed E-state index contributed by atoms with van der Waals surface area (Å²) in [7, 11) is 1.77. The molecule has 1 aromatic carbocycles. The number of hydrogen-bond acceptors (Lipinski definition) is 6. The van der Waals surface area contributed by atoms with E-state index in [0.29, 0.717) is 6.54 Å². The zero-order chi connectivity index (χ0) is 18.4. The molecule has 0 saturated heterocycles. The molecule has 0 radical (unpaired) electrons. The SMILES string of the molecule is CN(c1ccccc1)c1ncnc(NCCC2=CCCCC2)c1[N+](=O)[O-]. The first-order chi connectivity index (χ1) is 12.7. The van der Waals surface area contributed by atoms with E-state index >= 15 is 0 Å². The Morgan fingerprint density at radius 2 is 2.04 bits per heavy atom. The van der Waals surface area contributed by atoms with Crippen molar-refractivity contribution in [3.05, 3.63) is 58.4 Å². The number of rotatable bonds is 7. The van der Waals surface area contributed by atoms with Crippen LogP contribution in [0.1, 0.15) is 32.1 Å². The van der Waals surface area contributed by atoms with Gasteiger partial charge in [0, 0.05) is 19.3 Å². The fraction of sp³-hybridized carbons (Fsp3) is 0.368. The van der Waals surface area contributed by atoms with E-state index in [4.69, 9.17) is 0 Å². The van der Waals surface area contributed by atoms with Crippen LogP contribution in [0.4, 0.5) is 23.0 Å². The van der Waals surface area contributed by atoms with E-state index in [1.165, 1.54) is 24.7 Å². The summed E-state index contributed by atoms with van der Waals surface area (Å²) >= 11 is 0. The summed E-state index contributed by atoms with van der Waals surface area (Å²) in [6, 6.07) is 9.44. The second kappa shape index (κ2) is 8.42. The normalized spacial score (nSPS) is 13.8. The van der Waals surface area contributed by atoms with Gasteiger partial charge >= 0.3 is 5.69 Å². The minimum atomic E-state index is -0.420. The van der Waals surface area contributed by atoms with Crippen molar-refractivity contribution in [2.75, 3.05) is 23.8 Å². The van der Waals surface area contributed by atoms with Crippen molar-refractivity contribution in [2.24, 2.45) is 0 Å². The number of allylic oxidation sites excluding steroid dienone is 1. The van der Waals surface area contributed by atoms with Gasteiger partial charge in [-0.05, 0) is 44.2 Å². The van der Waals surface area contributed by atoms with Gasteiger partial charge in [-0.15, -0.1) is 0 Å². The predicted molar refractivity (Wildman–Crippen MR) is 103 cm³/mol. The van der Waals surface area contributed by atoms with Gasteiger partial charge in [0.1, 0.15) is 6.33 Å². The summed E-state index contributed by atoms with van der Waals surface area (Å²) < 4.78 is 0. The van der Waals surface area contributed by atoms with Crippen LogP contribution < -0.4 is 10.2 Å². The van der Waals surface area contributed by atoms with Crippen LogP contribution in [0.2, 0.25) is 0 Å². The summed E-state index contributed by atoms with van der Waals surface area (Å²) in [6.45, 7) is 0.623. The molecule has 2 aromatic rings. The zero-order valence-corrected chi connectivity index (χ0v) is 14.9.